The summed E-state index contributed by atoms with van der Waals surface area (Å²) >= 11 is 0. The van der Waals surface area contributed by atoms with Crippen LogP contribution < -0.4 is 10.2 Å². The van der Waals surface area contributed by atoms with Gasteiger partial charge in [-0.3, -0.25) is 9.69 Å². The summed E-state index contributed by atoms with van der Waals surface area (Å²) in [6.07, 6.45) is -4.21. The zero-order chi connectivity index (χ0) is 28.5. The summed E-state index contributed by atoms with van der Waals surface area (Å²) in [7, 11) is 3.32. The highest BCUT2D eigenvalue weighted by atomic mass is 19.4. The third-order valence-electron chi connectivity index (χ3n) is 7.83. The average Bonchev–Trinajstić information content (AvgIpc) is 3.34. The molecule has 0 amide bonds. The van der Waals surface area contributed by atoms with Crippen molar-refractivity contribution in [3.8, 4) is 0 Å². The summed E-state index contributed by atoms with van der Waals surface area (Å²) in [6, 6.07) is 9.75. The van der Waals surface area contributed by atoms with Crippen LogP contribution in [0.4, 0.5) is 23.2 Å². The molecule has 0 bridgehead atoms. The Kier molecular flexibility index (Phi) is 7.94. The predicted octanol–water partition coefficient (Wildman–Crippen LogP) is 3.67. The zero-order valence-corrected chi connectivity index (χ0v) is 22.4. The van der Waals surface area contributed by atoms with Gasteiger partial charge in [-0.25, -0.2) is 4.39 Å². The Bertz CT molecular complexity index is 1350. The smallest absolute Gasteiger partial charge is 0.379 e. The maximum atomic E-state index is 15.8. The van der Waals surface area contributed by atoms with E-state index in [0.717, 1.165) is 32.2 Å². The number of nitrogens with zero attached hydrogens (tertiary/aromatic N) is 5. The lowest BCUT2D eigenvalue weighted by Gasteiger charge is -2.44. The molecule has 1 aromatic heterocycles. The normalized spacial score (nSPS) is 18.2. The van der Waals surface area contributed by atoms with E-state index in [1.807, 2.05) is 0 Å². The van der Waals surface area contributed by atoms with Gasteiger partial charge in [0.25, 0.3) is 0 Å². The Morgan fingerprint density at radius 1 is 1.20 bits per heavy atom. The molecule has 0 spiro atoms. The van der Waals surface area contributed by atoms with Crippen LogP contribution in [-0.4, -0.2) is 72.4 Å². The molecular weight excluding hydrogens is 528 g/mol. The highest BCUT2D eigenvalue weighted by Gasteiger charge is 2.50. The van der Waals surface area contributed by atoms with E-state index >= 15 is 4.39 Å². The van der Waals surface area contributed by atoms with Gasteiger partial charge < -0.3 is 19.5 Å². The molecule has 2 saturated heterocycles. The summed E-state index contributed by atoms with van der Waals surface area (Å²) in [5.41, 5.74) is -0.203. The molecule has 1 N–H and O–H groups in total. The quantitative estimate of drug-likeness (QED) is 0.316. The summed E-state index contributed by atoms with van der Waals surface area (Å²) < 4.78 is 65.6. The molecule has 0 aliphatic carbocycles. The van der Waals surface area contributed by atoms with Crippen LogP contribution in [0, 0.1) is 0 Å². The molecule has 8 nitrogen and oxygen atoms in total. The number of piperazine rings is 1. The van der Waals surface area contributed by atoms with Gasteiger partial charge in [0, 0.05) is 64.6 Å². The van der Waals surface area contributed by atoms with Gasteiger partial charge in [-0.15, -0.1) is 10.2 Å². The number of carbonyl (C=O) groups is 1. The highest BCUT2D eigenvalue weighted by molar-refractivity contribution is 5.79. The monoisotopic (exact) mass is 560 g/mol. The number of benzene rings is 2. The molecule has 214 valence electrons. The number of nitrogens with one attached hydrogen (secondary N) is 1. The lowest BCUT2D eigenvalue weighted by molar-refractivity contribution is -0.138. The minimum atomic E-state index is -4.64. The first-order chi connectivity index (χ1) is 19.1. The van der Waals surface area contributed by atoms with Gasteiger partial charge in [0.2, 0.25) is 0 Å². The van der Waals surface area contributed by atoms with Gasteiger partial charge in [0.1, 0.15) is 12.6 Å². The molecule has 40 heavy (non-hydrogen) atoms. The summed E-state index contributed by atoms with van der Waals surface area (Å²) in [4.78, 5) is 15.7. The number of anilines is 1. The molecule has 3 aromatic rings. The van der Waals surface area contributed by atoms with Crippen molar-refractivity contribution in [2.24, 2.45) is 7.05 Å². The number of hydrogen-bond acceptors (Lipinski definition) is 7. The molecule has 2 aliphatic heterocycles. The van der Waals surface area contributed by atoms with Gasteiger partial charge >= 0.3 is 6.18 Å². The number of aromatic nitrogens is 3. The minimum Gasteiger partial charge on any atom is -0.379 e. The standard InChI is InChI=1S/C28H32F4N6O2/c1-36(22-5-3-4-21(12-22)27(16-40-17-27)25(29)26-35-34-18-37(26)2)14-23-20(15-39)10-19(11-24(23)28(30,31)32)13-38-8-6-33-7-9-38/h3-5,10-12,15,18,25,33H,6-9,13-14,16-17H2,1-2H3. The van der Waals surface area contributed by atoms with E-state index in [0.29, 0.717) is 29.6 Å². The third-order valence-corrected chi connectivity index (χ3v) is 7.83. The van der Waals surface area contributed by atoms with E-state index in [9.17, 15) is 18.0 Å². The number of hydrogen-bond donors (Lipinski definition) is 1. The zero-order valence-electron chi connectivity index (χ0n) is 22.4. The van der Waals surface area contributed by atoms with Gasteiger partial charge in [-0.1, -0.05) is 12.1 Å². The molecule has 5 rings (SSSR count). The summed E-state index contributed by atoms with van der Waals surface area (Å²) in [6.45, 7) is 3.43. The Hall–Kier alpha value is -3.35. The molecular formula is C28H32F4N6O2. The first-order valence-electron chi connectivity index (χ1n) is 13.1. The molecule has 3 heterocycles. The van der Waals surface area contributed by atoms with E-state index in [4.69, 9.17) is 4.74 Å². The van der Waals surface area contributed by atoms with Gasteiger partial charge in [0.15, 0.2) is 12.0 Å². The molecule has 1 atom stereocenters. The maximum Gasteiger partial charge on any atom is 0.416 e. The molecule has 0 radical (unpaired) electrons. The summed E-state index contributed by atoms with van der Waals surface area (Å²) in [5, 5.41) is 10.9. The predicted molar refractivity (Wildman–Crippen MR) is 141 cm³/mol. The van der Waals surface area contributed by atoms with Crippen molar-refractivity contribution in [2.45, 2.75) is 30.9 Å². The van der Waals surface area contributed by atoms with Crippen LogP contribution in [0.25, 0.3) is 0 Å². The maximum absolute atomic E-state index is 15.8. The topological polar surface area (TPSA) is 75.5 Å². The minimum absolute atomic E-state index is 0.0120. The van der Waals surface area contributed by atoms with Crippen LogP contribution in [0.5, 0.6) is 0 Å². The second-order valence-corrected chi connectivity index (χ2v) is 10.6. The van der Waals surface area contributed by atoms with E-state index in [1.54, 1.807) is 49.3 Å². The average molecular weight is 561 g/mol. The van der Waals surface area contributed by atoms with Crippen molar-refractivity contribution < 1.29 is 27.1 Å². The third kappa shape index (κ3) is 5.48. The molecule has 0 saturated carbocycles. The Balaban J connectivity index is 1.44. The SMILES string of the molecule is CN(Cc1c(C=O)cc(CN2CCNCC2)cc1C(F)(F)F)c1cccc(C2(C(F)c3nncn3C)COC2)c1. The van der Waals surface area contributed by atoms with Gasteiger partial charge in [-0.2, -0.15) is 13.2 Å². The number of ether oxygens (including phenoxy) is 1. The molecule has 1 unspecified atom stereocenters. The van der Waals surface area contributed by atoms with Crippen LogP contribution in [0.3, 0.4) is 0 Å². The van der Waals surface area contributed by atoms with E-state index in [1.165, 1.54) is 10.9 Å². The molecule has 2 aromatic carbocycles. The first kappa shape index (κ1) is 28.2. The fraction of sp³-hybridized carbons (Fsp3) is 0.464. The van der Waals surface area contributed by atoms with Crippen LogP contribution in [-0.2, 0) is 36.5 Å². The van der Waals surface area contributed by atoms with E-state index in [-0.39, 0.29) is 36.7 Å². The lowest BCUT2D eigenvalue weighted by Crippen LogP contribution is -2.50. The van der Waals surface area contributed by atoms with Crippen molar-refractivity contribution in [1.82, 2.24) is 25.0 Å². The van der Waals surface area contributed by atoms with Crippen LogP contribution in [0.2, 0.25) is 0 Å². The number of alkyl halides is 4. The Morgan fingerprint density at radius 2 is 1.95 bits per heavy atom. The van der Waals surface area contributed by atoms with Gasteiger partial charge in [0.05, 0.1) is 24.2 Å². The van der Waals surface area contributed by atoms with E-state index < -0.39 is 23.3 Å². The largest absolute Gasteiger partial charge is 0.416 e. The number of halogens is 4. The van der Waals surface area contributed by atoms with Crippen molar-refractivity contribution in [3.05, 3.63) is 76.4 Å². The molecule has 12 heteroatoms. The van der Waals surface area contributed by atoms with Crippen molar-refractivity contribution in [1.29, 1.82) is 0 Å². The lowest BCUT2D eigenvalue weighted by atomic mass is 9.74. The van der Waals surface area contributed by atoms with Crippen molar-refractivity contribution >= 4 is 12.0 Å². The fourth-order valence-electron chi connectivity index (χ4n) is 5.44. The van der Waals surface area contributed by atoms with Crippen molar-refractivity contribution in [2.75, 3.05) is 51.3 Å². The van der Waals surface area contributed by atoms with Crippen LogP contribution >= 0.6 is 0 Å². The van der Waals surface area contributed by atoms with E-state index in [2.05, 4.69) is 20.4 Å². The van der Waals surface area contributed by atoms with Crippen LogP contribution in [0.15, 0.2) is 42.7 Å². The number of aldehydes is 1. The fourth-order valence-corrected chi connectivity index (χ4v) is 5.44. The summed E-state index contributed by atoms with van der Waals surface area (Å²) in [5.74, 6) is 0.174. The first-order valence-corrected chi connectivity index (χ1v) is 13.1. The number of rotatable bonds is 9. The number of aryl methyl sites for hydroxylation is 1. The molecule has 2 aliphatic rings. The number of carbonyl (C=O) groups excluding carboxylic acids is 1. The Morgan fingerprint density at radius 3 is 2.55 bits per heavy atom. The van der Waals surface area contributed by atoms with Gasteiger partial charge in [-0.05, 0) is 41.0 Å². The highest BCUT2D eigenvalue weighted by Crippen LogP contribution is 2.46. The van der Waals surface area contributed by atoms with Crippen LogP contribution in [0.1, 0.15) is 44.6 Å². The Labute approximate surface area is 229 Å². The second kappa shape index (κ2) is 11.3. The van der Waals surface area contributed by atoms with Crippen molar-refractivity contribution in [3.63, 3.8) is 0 Å². The second-order valence-electron chi connectivity index (χ2n) is 10.6. The molecule has 2 fully saturated rings.